The summed E-state index contributed by atoms with van der Waals surface area (Å²) in [6, 6.07) is 8.68. The zero-order valence-electron chi connectivity index (χ0n) is 10.3. The molecule has 0 atom stereocenters. The highest BCUT2D eigenvalue weighted by Gasteiger charge is 2.35. The van der Waals surface area contributed by atoms with Gasteiger partial charge in [0.2, 0.25) is 0 Å². The topological polar surface area (TPSA) is 46.5 Å². The number of aromatic carboxylic acids is 1. The van der Waals surface area contributed by atoms with Crippen LogP contribution in [-0.4, -0.2) is 11.1 Å². The fraction of sp³-hybridized carbons (Fsp3) is 0.0714. The summed E-state index contributed by atoms with van der Waals surface area (Å²) >= 11 is 5.69. The van der Waals surface area contributed by atoms with Crippen LogP contribution < -0.4 is 4.74 Å². The highest BCUT2D eigenvalue weighted by molar-refractivity contribution is 6.30. The number of rotatable bonds is 3. The third-order valence-electron chi connectivity index (χ3n) is 2.58. The van der Waals surface area contributed by atoms with Crippen molar-refractivity contribution in [3.8, 4) is 11.5 Å². The molecule has 1 N–H and O–H groups in total. The van der Waals surface area contributed by atoms with Crippen molar-refractivity contribution in [2.45, 2.75) is 6.18 Å². The van der Waals surface area contributed by atoms with E-state index < -0.39 is 23.3 Å². The summed E-state index contributed by atoms with van der Waals surface area (Å²) in [5.41, 5.74) is -2.09. The van der Waals surface area contributed by atoms with E-state index in [2.05, 4.69) is 0 Å². The predicted octanol–water partition coefficient (Wildman–Crippen LogP) is 4.85. The Morgan fingerprint density at radius 2 is 1.62 bits per heavy atom. The normalized spacial score (nSPS) is 11.2. The van der Waals surface area contributed by atoms with Crippen molar-refractivity contribution in [1.82, 2.24) is 0 Å². The molecular weight excluding hydrogens is 309 g/mol. The number of alkyl halides is 3. The van der Waals surface area contributed by atoms with E-state index in [1.165, 1.54) is 24.3 Å². The molecule has 2 aromatic carbocycles. The number of hydrogen-bond acceptors (Lipinski definition) is 2. The van der Waals surface area contributed by atoms with E-state index in [-0.39, 0.29) is 11.5 Å². The van der Waals surface area contributed by atoms with Gasteiger partial charge in [-0.15, -0.1) is 0 Å². The molecule has 0 unspecified atom stereocenters. The molecular formula is C14H8ClF3O3. The number of hydrogen-bond donors (Lipinski definition) is 1. The molecule has 0 fully saturated rings. The molecule has 3 nitrogen and oxygen atoms in total. The van der Waals surface area contributed by atoms with Crippen molar-refractivity contribution in [1.29, 1.82) is 0 Å². The predicted molar refractivity (Wildman–Crippen MR) is 69.9 cm³/mol. The molecule has 7 heteroatoms. The molecule has 0 saturated carbocycles. The molecule has 0 aromatic heterocycles. The fourth-order valence-corrected chi connectivity index (χ4v) is 1.77. The highest BCUT2D eigenvalue weighted by Crippen LogP contribution is 2.35. The number of benzene rings is 2. The average Bonchev–Trinajstić information content (AvgIpc) is 2.40. The summed E-state index contributed by atoms with van der Waals surface area (Å²) in [4.78, 5) is 10.8. The molecule has 0 radical (unpaired) electrons. The third kappa shape index (κ3) is 3.66. The molecule has 0 heterocycles. The molecule has 0 saturated heterocycles. The molecule has 2 rings (SSSR count). The van der Waals surface area contributed by atoms with E-state index in [9.17, 15) is 18.0 Å². The highest BCUT2D eigenvalue weighted by atomic mass is 35.5. The zero-order valence-corrected chi connectivity index (χ0v) is 11.1. The molecule has 21 heavy (non-hydrogen) atoms. The molecule has 0 aliphatic heterocycles. The number of carboxylic acids is 1. The molecule has 2 aromatic rings. The van der Waals surface area contributed by atoms with Gasteiger partial charge in [0, 0.05) is 5.02 Å². The van der Waals surface area contributed by atoms with Crippen LogP contribution in [0.5, 0.6) is 11.5 Å². The lowest BCUT2D eigenvalue weighted by Crippen LogP contribution is -2.12. The van der Waals surface area contributed by atoms with Gasteiger partial charge < -0.3 is 9.84 Å². The van der Waals surface area contributed by atoms with Gasteiger partial charge in [-0.05, 0) is 42.5 Å². The fourth-order valence-electron chi connectivity index (χ4n) is 1.65. The second kappa shape index (κ2) is 5.65. The zero-order chi connectivity index (χ0) is 15.6. The molecule has 0 aliphatic carbocycles. The third-order valence-corrected chi connectivity index (χ3v) is 2.83. The number of ether oxygens (including phenoxy) is 1. The molecule has 0 amide bonds. The Morgan fingerprint density at radius 3 is 2.14 bits per heavy atom. The van der Waals surface area contributed by atoms with Crippen LogP contribution in [0, 0.1) is 0 Å². The van der Waals surface area contributed by atoms with Gasteiger partial charge in [-0.3, -0.25) is 0 Å². The lowest BCUT2D eigenvalue weighted by Gasteiger charge is -2.12. The summed E-state index contributed by atoms with van der Waals surface area (Å²) in [7, 11) is 0. The Morgan fingerprint density at radius 1 is 1.05 bits per heavy atom. The van der Waals surface area contributed by atoms with Gasteiger partial charge in [0.05, 0.1) is 11.1 Å². The van der Waals surface area contributed by atoms with Crippen molar-refractivity contribution in [2.24, 2.45) is 0 Å². The summed E-state index contributed by atoms with van der Waals surface area (Å²) in [6.07, 6.45) is -4.78. The van der Waals surface area contributed by atoms with Crippen LogP contribution in [0.15, 0.2) is 42.5 Å². The number of halogens is 4. The Kier molecular flexibility index (Phi) is 4.09. The smallest absolute Gasteiger partial charge is 0.417 e. The van der Waals surface area contributed by atoms with Crippen molar-refractivity contribution in [2.75, 3.05) is 0 Å². The first-order valence-corrected chi connectivity index (χ1v) is 6.03. The second-order valence-corrected chi connectivity index (χ2v) is 4.50. The van der Waals surface area contributed by atoms with Gasteiger partial charge in [-0.1, -0.05) is 11.6 Å². The summed E-state index contributed by atoms with van der Waals surface area (Å²) in [5.74, 6) is -1.48. The first-order chi connectivity index (χ1) is 9.77. The summed E-state index contributed by atoms with van der Waals surface area (Å²) in [5, 5.41) is 9.24. The van der Waals surface area contributed by atoms with Crippen molar-refractivity contribution < 1.29 is 27.8 Å². The van der Waals surface area contributed by atoms with E-state index in [1.54, 1.807) is 0 Å². The van der Waals surface area contributed by atoms with Gasteiger partial charge in [0.25, 0.3) is 0 Å². The number of carboxylic acid groups (broad SMARTS) is 1. The quantitative estimate of drug-likeness (QED) is 0.880. The van der Waals surface area contributed by atoms with Crippen molar-refractivity contribution >= 4 is 17.6 Å². The lowest BCUT2D eigenvalue weighted by atomic mass is 10.1. The van der Waals surface area contributed by atoms with Crippen LogP contribution in [0.4, 0.5) is 13.2 Å². The molecule has 0 aliphatic rings. The largest absolute Gasteiger partial charge is 0.478 e. The van der Waals surface area contributed by atoms with Crippen LogP contribution in [0.2, 0.25) is 5.02 Å². The second-order valence-electron chi connectivity index (χ2n) is 4.07. The molecule has 0 bridgehead atoms. The van der Waals surface area contributed by atoms with Gasteiger partial charge in [-0.2, -0.15) is 13.2 Å². The van der Waals surface area contributed by atoms with Gasteiger partial charge in [-0.25, -0.2) is 4.79 Å². The Bertz CT molecular complexity index is 666. The van der Waals surface area contributed by atoms with E-state index >= 15 is 0 Å². The average molecular weight is 317 g/mol. The van der Waals surface area contributed by atoms with Crippen molar-refractivity contribution in [3.05, 3.63) is 58.6 Å². The summed E-state index contributed by atoms with van der Waals surface area (Å²) < 4.78 is 43.8. The van der Waals surface area contributed by atoms with E-state index in [4.69, 9.17) is 21.4 Å². The first kappa shape index (κ1) is 15.2. The van der Waals surface area contributed by atoms with Crippen LogP contribution in [0.3, 0.4) is 0 Å². The maximum atomic E-state index is 12.8. The minimum Gasteiger partial charge on any atom is -0.478 e. The SMILES string of the molecule is O=C(O)c1ccc(Oc2ccc(Cl)cc2)cc1C(F)(F)F. The van der Waals surface area contributed by atoms with E-state index in [0.717, 1.165) is 12.1 Å². The Balaban J connectivity index is 2.38. The van der Waals surface area contributed by atoms with Crippen LogP contribution in [0.25, 0.3) is 0 Å². The molecule has 110 valence electrons. The Hall–Kier alpha value is -2.21. The maximum Gasteiger partial charge on any atom is 0.417 e. The van der Waals surface area contributed by atoms with E-state index in [1.807, 2.05) is 0 Å². The molecule has 0 spiro atoms. The van der Waals surface area contributed by atoms with Gasteiger partial charge in [0.15, 0.2) is 0 Å². The minimum atomic E-state index is -4.78. The standard InChI is InChI=1S/C14H8ClF3O3/c15-8-1-3-9(4-2-8)21-10-5-6-11(13(19)20)12(7-10)14(16,17)18/h1-7H,(H,19,20). The Labute approximate surface area is 122 Å². The summed E-state index contributed by atoms with van der Waals surface area (Å²) in [6.45, 7) is 0. The lowest BCUT2D eigenvalue weighted by molar-refractivity contribution is -0.138. The first-order valence-electron chi connectivity index (χ1n) is 5.65. The van der Waals surface area contributed by atoms with Gasteiger partial charge >= 0.3 is 12.1 Å². The van der Waals surface area contributed by atoms with Crippen LogP contribution in [0.1, 0.15) is 15.9 Å². The van der Waals surface area contributed by atoms with Crippen molar-refractivity contribution in [3.63, 3.8) is 0 Å². The minimum absolute atomic E-state index is 0.116. The van der Waals surface area contributed by atoms with Crippen LogP contribution in [-0.2, 0) is 6.18 Å². The maximum absolute atomic E-state index is 12.8. The van der Waals surface area contributed by atoms with Crippen LogP contribution >= 0.6 is 11.6 Å². The monoisotopic (exact) mass is 316 g/mol. The van der Waals surface area contributed by atoms with Gasteiger partial charge in [0.1, 0.15) is 11.5 Å². The number of carbonyl (C=O) groups is 1. The van der Waals surface area contributed by atoms with E-state index in [0.29, 0.717) is 11.1 Å².